The van der Waals surface area contributed by atoms with Crippen molar-refractivity contribution in [2.75, 3.05) is 31.6 Å². The fraction of sp³-hybridized carbons (Fsp3) is 0.467. The zero-order chi connectivity index (χ0) is 15.5. The summed E-state index contributed by atoms with van der Waals surface area (Å²) in [6.07, 6.45) is 10.5. The second-order valence-electron chi connectivity index (χ2n) is 5.50. The minimum atomic E-state index is 0.0636. The highest BCUT2D eigenvalue weighted by Crippen LogP contribution is 2.19. The van der Waals surface area contributed by atoms with Gasteiger partial charge in [-0.2, -0.15) is 0 Å². The minimum absolute atomic E-state index is 0.0636. The summed E-state index contributed by atoms with van der Waals surface area (Å²) >= 11 is 0. The highest BCUT2D eigenvalue weighted by Gasteiger charge is 2.24. The van der Waals surface area contributed by atoms with E-state index in [1.807, 2.05) is 16.8 Å². The first-order valence-corrected chi connectivity index (χ1v) is 7.28. The molecule has 1 atom stereocenters. The predicted molar refractivity (Wildman–Crippen MR) is 83.1 cm³/mol. The van der Waals surface area contributed by atoms with E-state index in [1.165, 1.54) is 6.33 Å². The zero-order valence-corrected chi connectivity index (χ0v) is 12.5. The molecule has 1 saturated heterocycles. The van der Waals surface area contributed by atoms with Gasteiger partial charge in [-0.1, -0.05) is 0 Å². The van der Waals surface area contributed by atoms with E-state index in [0.29, 0.717) is 18.0 Å². The molecule has 1 amide bonds. The molecule has 2 aromatic heterocycles. The standard InChI is InChI=1S/C15H18N6O/c1-3-11-5-4-6-21(7-11)12(22)8-20(2)15-13-14(17-9-16-13)18-10-19-15/h1,9-11H,4-8H2,2H3,(H,16,17,18,19)/t11-/m0/s1. The van der Waals surface area contributed by atoms with Gasteiger partial charge < -0.3 is 14.8 Å². The van der Waals surface area contributed by atoms with E-state index >= 15 is 0 Å². The van der Waals surface area contributed by atoms with Gasteiger partial charge in [0.2, 0.25) is 5.91 Å². The van der Waals surface area contributed by atoms with Gasteiger partial charge in [0.1, 0.15) is 11.8 Å². The van der Waals surface area contributed by atoms with Crippen LogP contribution < -0.4 is 4.90 Å². The molecule has 3 heterocycles. The number of imidazole rings is 1. The number of aromatic amines is 1. The molecule has 114 valence electrons. The summed E-state index contributed by atoms with van der Waals surface area (Å²) in [7, 11) is 1.84. The Morgan fingerprint density at radius 2 is 2.41 bits per heavy atom. The van der Waals surface area contributed by atoms with Crippen LogP contribution in [-0.4, -0.2) is 57.4 Å². The Morgan fingerprint density at radius 1 is 1.55 bits per heavy atom. The number of amides is 1. The molecule has 7 nitrogen and oxygen atoms in total. The maximum absolute atomic E-state index is 12.5. The molecule has 1 aliphatic heterocycles. The highest BCUT2D eigenvalue weighted by atomic mass is 16.2. The van der Waals surface area contributed by atoms with Crippen molar-refractivity contribution < 1.29 is 4.79 Å². The van der Waals surface area contributed by atoms with Crippen LogP contribution in [0.25, 0.3) is 11.2 Å². The molecule has 1 N–H and O–H groups in total. The van der Waals surface area contributed by atoms with Crippen molar-refractivity contribution in [1.29, 1.82) is 0 Å². The number of carbonyl (C=O) groups excluding carboxylic acids is 1. The molecule has 0 aromatic carbocycles. The second kappa shape index (κ2) is 6.02. The number of aromatic nitrogens is 4. The molecule has 3 rings (SSSR count). The van der Waals surface area contributed by atoms with Crippen LogP contribution in [0.4, 0.5) is 5.82 Å². The van der Waals surface area contributed by atoms with Crippen molar-refractivity contribution in [3.8, 4) is 12.3 Å². The Balaban J connectivity index is 1.71. The van der Waals surface area contributed by atoms with Crippen molar-refractivity contribution in [3.63, 3.8) is 0 Å². The summed E-state index contributed by atoms with van der Waals surface area (Å²) in [5.74, 6) is 3.65. The van der Waals surface area contributed by atoms with Gasteiger partial charge in [0.25, 0.3) is 0 Å². The van der Waals surface area contributed by atoms with Crippen molar-refractivity contribution in [3.05, 3.63) is 12.7 Å². The number of hydrogen-bond donors (Lipinski definition) is 1. The lowest BCUT2D eigenvalue weighted by Crippen LogP contribution is -2.44. The van der Waals surface area contributed by atoms with E-state index in [4.69, 9.17) is 6.42 Å². The van der Waals surface area contributed by atoms with E-state index < -0.39 is 0 Å². The van der Waals surface area contributed by atoms with E-state index in [-0.39, 0.29) is 18.4 Å². The van der Waals surface area contributed by atoms with Gasteiger partial charge in [0.05, 0.1) is 12.9 Å². The number of likely N-dealkylation sites (tertiary alicyclic amines) is 1. The normalized spacial score (nSPS) is 18.2. The molecule has 1 aliphatic rings. The first kappa shape index (κ1) is 14.3. The first-order chi connectivity index (χ1) is 10.7. The smallest absolute Gasteiger partial charge is 0.242 e. The molecule has 1 fully saturated rings. The van der Waals surface area contributed by atoms with Gasteiger partial charge in [0.15, 0.2) is 11.5 Å². The second-order valence-corrected chi connectivity index (χ2v) is 5.50. The van der Waals surface area contributed by atoms with Gasteiger partial charge in [-0.05, 0) is 12.8 Å². The summed E-state index contributed by atoms with van der Waals surface area (Å²) in [6, 6.07) is 0. The molecular weight excluding hydrogens is 280 g/mol. The fourth-order valence-corrected chi connectivity index (χ4v) is 2.76. The average molecular weight is 298 g/mol. The Kier molecular flexibility index (Phi) is 3.92. The maximum atomic E-state index is 12.5. The third-order valence-electron chi connectivity index (χ3n) is 3.95. The van der Waals surface area contributed by atoms with Crippen LogP contribution in [0.3, 0.4) is 0 Å². The predicted octanol–water partition coefficient (Wildman–Crippen LogP) is 0.661. The Morgan fingerprint density at radius 3 is 3.23 bits per heavy atom. The molecular formula is C15H18N6O. The lowest BCUT2D eigenvalue weighted by Gasteiger charge is -2.31. The molecule has 7 heteroatoms. The average Bonchev–Trinajstić information content (AvgIpc) is 3.03. The van der Waals surface area contributed by atoms with E-state index in [9.17, 15) is 4.79 Å². The summed E-state index contributed by atoms with van der Waals surface area (Å²) in [5, 5.41) is 0. The van der Waals surface area contributed by atoms with Gasteiger partial charge in [0, 0.05) is 26.1 Å². The third kappa shape index (κ3) is 2.72. The van der Waals surface area contributed by atoms with Gasteiger partial charge in [-0.15, -0.1) is 12.3 Å². The number of piperidine rings is 1. The summed E-state index contributed by atoms with van der Waals surface area (Å²) in [5.41, 5.74) is 1.33. The van der Waals surface area contributed by atoms with Crippen molar-refractivity contribution in [2.45, 2.75) is 12.8 Å². The maximum Gasteiger partial charge on any atom is 0.242 e. The number of fused-ring (bicyclic) bond motifs is 1. The van der Waals surface area contributed by atoms with Crippen LogP contribution in [0.2, 0.25) is 0 Å². The fourth-order valence-electron chi connectivity index (χ4n) is 2.76. The number of carbonyl (C=O) groups is 1. The van der Waals surface area contributed by atoms with Gasteiger partial charge >= 0.3 is 0 Å². The number of rotatable bonds is 3. The number of likely N-dealkylation sites (N-methyl/N-ethyl adjacent to an activating group) is 1. The molecule has 0 spiro atoms. The lowest BCUT2D eigenvalue weighted by atomic mass is 9.99. The van der Waals surface area contributed by atoms with Crippen LogP contribution in [-0.2, 0) is 4.79 Å². The molecule has 0 unspecified atom stereocenters. The summed E-state index contributed by atoms with van der Waals surface area (Å²) < 4.78 is 0. The molecule has 2 aromatic rings. The van der Waals surface area contributed by atoms with Crippen molar-refractivity contribution in [1.82, 2.24) is 24.8 Å². The van der Waals surface area contributed by atoms with Crippen LogP contribution in [0.15, 0.2) is 12.7 Å². The zero-order valence-electron chi connectivity index (χ0n) is 12.5. The van der Waals surface area contributed by atoms with Gasteiger partial charge in [-0.3, -0.25) is 4.79 Å². The van der Waals surface area contributed by atoms with Crippen molar-refractivity contribution in [2.24, 2.45) is 5.92 Å². The number of terminal acetylenes is 1. The molecule has 0 saturated carbocycles. The lowest BCUT2D eigenvalue weighted by molar-refractivity contribution is -0.131. The SMILES string of the molecule is C#C[C@H]1CCCN(C(=O)CN(C)c2ncnc3nc[nH]c23)C1. The van der Waals surface area contributed by atoms with Crippen LogP contribution in [0.5, 0.6) is 0 Å². The topological polar surface area (TPSA) is 78.0 Å². The minimum Gasteiger partial charge on any atom is -0.348 e. The number of anilines is 1. The van der Waals surface area contributed by atoms with Crippen LogP contribution in [0, 0.1) is 18.3 Å². The Hall–Kier alpha value is -2.62. The first-order valence-electron chi connectivity index (χ1n) is 7.28. The quantitative estimate of drug-likeness (QED) is 0.842. The van der Waals surface area contributed by atoms with Gasteiger partial charge in [-0.25, -0.2) is 15.0 Å². The van der Waals surface area contributed by atoms with E-state index in [1.54, 1.807) is 6.33 Å². The van der Waals surface area contributed by atoms with E-state index in [0.717, 1.165) is 24.9 Å². The largest absolute Gasteiger partial charge is 0.348 e. The molecule has 22 heavy (non-hydrogen) atoms. The van der Waals surface area contributed by atoms with Crippen LogP contribution >= 0.6 is 0 Å². The van der Waals surface area contributed by atoms with Crippen LogP contribution in [0.1, 0.15) is 12.8 Å². The number of nitrogens with zero attached hydrogens (tertiary/aromatic N) is 5. The number of hydrogen-bond acceptors (Lipinski definition) is 5. The third-order valence-corrected chi connectivity index (χ3v) is 3.95. The molecule has 0 aliphatic carbocycles. The summed E-state index contributed by atoms with van der Waals surface area (Å²) in [4.78, 5) is 31.6. The van der Waals surface area contributed by atoms with E-state index in [2.05, 4.69) is 25.9 Å². The van der Waals surface area contributed by atoms with Crippen molar-refractivity contribution >= 4 is 22.9 Å². The Labute approximate surface area is 128 Å². The number of nitrogens with one attached hydrogen (secondary N) is 1. The highest BCUT2D eigenvalue weighted by molar-refractivity contribution is 5.87. The number of H-pyrrole nitrogens is 1. The summed E-state index contributed by atoms with van der Waals surface area (Å²) in [6.45, 7) is 1.67. The Bertz CT molecular complexity index is 718. The molecule has 0 bridgehead atoms. The molecule has 0 radical (unpaired) electrons. The monoisotopic (exact) mass is 298 g/mol.